The van der Waals surface area contributed by atoms with E-state index in [1.54, 1.807) is 73.7 Å². The number of nitro groups is 1. The molecular weight excluding hydrogens is 578 g/mol. The van der Waals surface area contributed by atoms with Gasteiger partial charge in [-0.2, -0.15) is 0 Å². The van der Waals surface area contributed by atoms with E-state index in [9.17, 15) is 24.5 Å². The van der Waals surface area contributed by atoms with Crippen molar-refractivity contribution in [3.63, 3.8) is 0 Å². The van der Waals surface area contributed by atoms with Gasteiger partial charge >= 0.3 is 0 Å². The van der Waals surface area contributed by atoms with Crippen LogP contribution in [0.15, 0.2) is 108 Å². The van der Waals surface area contributed by atoms with Crippen LogP contribution in [-0.4, -0.2) is 42.5 Å². The van der Waals surface area contributed by atoms with Crippen LogP contribution in [0.5, 0.6) is 0 Å². The average Bonchev–Trinajstić information content (AvgIpc) is 3.02. The molecule has 0 spiro atoms. The number of nitro benzene ring substituents is 1. The molecule has 0 fully saturated rings. The van der Waals surface area contributed by atoms with Gasteiger partial charge in [0, 0.05) is 48.1 Å². The number of aryl methyl sites for hydroxylation is 1. The molecular formula is C33H31N5O5S. The van der Waals surface area contributed by atoms with Gasteiger partial charge in [0.25, 0.3) is 17.5 Å². The molecule has 11 heteroatoms. The highest BCUT2D eigenvalue weighted by Crippen LogP contribution is 2.24. The van der Waals surface area contributed by atoms with E-state index in [1.165, 1.54) is 23.9 Å². The molecule has 44 heavy (non-hydrogen) atoms. The third kappa shape index (κ3) is 8.79. The maximum absolute atomic E-state index is 13.3. The summed E-state index contributed by atoms with van der Waals surface area (Å²) in [6.45, 7) is 1.76. The number of hydrogen-bond donors (Lipinski definition) is 3. The normalized spacial score (nSPS) is 10.9. The SMILES string of the molecule is Cc1ccc([N+](=O)[O-])cc1NC(=O)CSc1ccc(NC(=O)/C(=C/c2ccc(N(C)C)cc2)NC(=O)c2ccccc2)cc1. The third-order valence-corrected chi connectivity index (χ3v) is 7.45. The van der Waals surface area contributed by atoms with Gasteiger partial charge in [0.05, 0.1) is 16.4 Å². The van der Waals surface area contributed by atoms with Crippen LogP contribution in [0.25, 0.3) is 6.08 Å². The lowest BCUT2D eigenvalue weighted by atomic mass is 10.1. The van der Waals surface area contributed by atoms with Crippen molar-refractivity contribution in [2.24, 2.45) is 0 Å². The molecule has 0 radical (unpaired) electrons. The number of rotatable bonds is 11. The zero-order chi connectivity index (χ0) is 31.6. The summed E-state index contributed by atoms with van der Waals surface area (Å²) in [7, 11) is 3.87. The van der Waals surface area contributed by atoms with Gasteiger partial charge in [0.15, 0.2) is 0 Å². The minimum atomic E-state index is -0.511. The smallest absolute Gasteiger partial charge is 0.272 e. The van der Waals surface area contributed by atoms with Crippen LogP contribution in [0, 0.1) is 17.0 Å². The molecule has 0 saturated heterocycles. The van der Waals surface area contributed by atoms with E-state index >= 15 is 0 Å². The van der Waals surface area contributed by atoms with Gasteiger partial charge in [0.1, 0.15) is 5.70 Å². The van der Waals surface area contributed by atoms with E-state index < -0.39 is 16.7 Å². The van der Waals surface area contributed by atoms with Gasteiger partial charge in [-0.05, 0) is 72.7 Å². The van der Waals surface area contributed by atoms with E-state index in [4.69, 9.17) is 0 Å². The number of non-ortho nitro benzene ring substituents is 1. The van der Waals surface area contributed by atoms with E-state index in [-0.39, 0.29) is 23.0 Å². The summed E-state index contributed by atoms with van der Waals surface area (Å²) in [6, 6.07) is 27.4. The zero-order valence-electron chi connectivity index (χ0n) is 24.4. The Morgan fingerprint density at radius 1 is 0.886 bits per heavy atom. The van der Waals surface area contributed by atoms with Crippen molar-refractivity contribution < 1.29 is 19.3 Å². The molecule has 0 bridgehead atoms. The predicted molar refractivity (Wildman–Crippen MR) is 175 cm³/mol. The van der Waals surface area contributed by atoms with Crippen LogP contribution < -0.4 is 20.9 Å². The first-order valence-electron chi connectivity index (χ1n) is 13.5. The van der Waals surface area contributed by atoms with E-state index in [0.29, 0.717) is 22.5 Å². The maximum atomic E-state index is 13.3. The number of amides is 3. The van der Waals surface area contributed by atoms with Crippen molar-refractivity contribution in [1.29, 1.82) is 0 Å². The van der Waals surface area contributed by atoms with Gasteiger partial charge in [-0.3, -0.25) is 24.5 Å². The van der Waals surface area contributed by atoms with Gasteiger partial charge in [-0.1, -0.05) is 36.4 Å². The van der Waals surface area contributed by atoms with Crippen LogP contribution in [-0.2, 0) is 9.59 Å². The number of benzene rings is 4. The molecule has 3 amide bonds. The molecule has 4 aromatic carbocycles. The van der Waals surface area contributed by atoms with E-state index in [2.05, 4.69) is 16.0 Å². The van der Waals surface area contributed by atoms with Gasteiger partial charge < -0.3 is 20.9 Å². The number of carbonyl (C=O) groups excluding carboxylic acids is 3. The second-order valence-electron chi connectivity index (χ2n) is 9.94. The number of nitrogens with one attached hydrogen (secondary N) is 3. The highest BCUT2D eigenvalue weighted by molar-refractivity contribution is 8.00. The van der Waals surface area contributed by atoms with Crippen LogP contribution in [0.4, 0.5) is 22.7 Å². The fourth-order valence-corrected chi connectivity index (χ4v) is 4.70. The Labute approximate surface area is 259 Å². The Hall–Kier alpha value is -5.42. The Bertz CT molecular complexity index is 1690. The Kier molecular flexibility index (Phi) is 10.5. The lowest BCUT2D eigenvalue weighted by Gasteiger charge is -2.13. The molecule has 0 aromatic heterocycles. The second kappa shape index (κ2) is 14.7. The Morgan fingerprint density at radius 3 is 2.20 bits per heavy atom. The second-order valence-corrected chi connectivity index (χ2v) is 11.0. The van der Waals surface area contributed by atoms with Crippen molar-refractivity contribution in [2.75, 3.05) is 35.4 Å². The third-order valence-electron chi connectivity index (χ3n) is 6.44. The molecule has 4 aromatic rings. The lowest BCUT2D eigenvalue weighted by molar-refractivity contribution is -0.384. The molecule has 4 rings (SSSR count). The molecule has 0 aliphatic rings. The van der Waals surface area contributed by atoms with Crippen molar-refractivity contribution >= 4 is 58.3 Å². The van der Waals surface area contributed by atoms with Crippen LogP contribution in [0.2, 0.25) is 0 Å². The minimum Gasteiger partial charge on any atom is -0.378 e. The number of nitrogens with zero attached hydrogens (tertiary/aromatic N) is 2. The topological polar surface area (TPSA) is 134 Å². The summed E-state index contributed by atoms with van der Waals surface area (Å²) in [5, 5.41) is 19.3. The van der Waals surface area contributed by atoms with Crippen molar-refractivity contribution in [1.82, 2.24) is 5.32 Å². The Morgan fingerprint density at radius 2 is 1.57 bits per heavy atom. The quantitative estimate of drug-likeness (QED) is 0.0809. The first kappa shape index (κ1) is 31.5. The maximum Gasteiger partial charge on any atom is 0.272 e. The highest BCUT2D eigenvalue weighted by Gasteiger charge is 2.16. The number of hydrogen-bond acceptors (Lipinski definition) is 7. The zero-order valence-corrected chi connectivity index (χ0v) is 25.2. The number of carbonyl (C=O) groups is 3. The number of anilines is 3. The summed E-state index contributed by atoms with van der Waals surface area (Å²) in [5.41, 5.74) is 3.72. The van der Waals surface area contributed by atoms with E-state index in [1.807, 2.05) is 43.3 Å². The van der Waals surface area contributed by atoms with Crippen LogP contribution in [0.3, 0.4) is 0 Å². The van der Waals surface area contributed by atoms with Crippen molar-refractivity contribution in [2.45, 2.75) is 11.8 Å². The summed E-state index contributed by atoms with van der Waals surface area (Å²) in [4.78, 5) is 52.0. The lowest BCUT2D eigenvalue weighted by Crippen LogP contribution is -2.30. The monoisotopic (exact) mass is 609 g/mol. The first-order valence-corrected chi connectivity index (χ1v) is 14.5. The van der Waals surface area contributed by atoms with Crippen molar-refractivity contribution in [3.05, 3.63) is 130 Å². The molecule has 0 atom stereocenters. The summed E-state index contributed by atoms with van der Waals surface area (Å²) < 4.78 is 0. The van der Waals surface area contributed by atoms with Gasteiger partial charge in [0.2, 0.25) is 5.91 Å². The molecule has 0 heterocycles. The molecule has 10 nitrogen and oxygen atoms in total. The largest absolute Gasteiger partial charge is 0.378 e. The molecule has 0 aliphatic heterocycles. The average molecular weight is 610 g/mol. The van der Waals surface area contributed by atoms with Crippen LogP contribution in [0.1, 0.15) is 21.5 Å². The minimum absolute atomic E-state index is 0.0722. The fourth-order valence-electron chi connectivity index (χ4n) is 4.00. The molecule has 0 saturated carbocycles. The first-order chi connectivity index (χ1) is 21.1. The summed E-state index contributed by atoms with van der Waals surface area (Å²) in [6.07, 6.45) is 1.61. The summed E-state index contributed by atoms with van der Waals surface area (Å²) >= 11 is 1.28. The predicted octanol–water partition coefficient (Wildman–Crippen LogP) is 6.11. The highest BCUT2D eigenvalue weighted by atomic mass is 32.2. The van der Waals surface area contributed by atoms with Crippen molar-refractivity contribution in [3.8, 4) is 0 Å². The molecule has 0 aliphatic carbocycles. The van der Waals surface area contributed by atoms with Gasteiger partial charge in [-0.25, -0.2) is 0 Å². The van der Waals surface area contributed by atoms with Gasteiger partial charge in [-0.15, -0.1) is 11.8 Å². The fraction of sp³-hybridized carbons (Fsp3) is 0.121. The molecule has 0 unspecified atom stereocenters. The van der Waals surface area contributed by atoms with Crippen LogP contribution >= 0.6 is 11.8 Å². The molecule has 3 N–H and O–H groups in total. The summed E-state index contributed by atoms with van der Waals surface area (Å²) in [5.74, 6) is -1.14. The van der Waals surface area contributed by atoms with E-state index in [0.717, 1.165) is 16.1 Å². The Balaban J connectivity index is 1.41. The molecule has 224 valence electrons. The standard InChI is InChI=1S/C33H31N5O5S/c1-22-9-14-27(38(42)43)20-29(22)35-31(39)21-44-28-17-12-25(13-18-28)34-33(41)30(36-32(40)24-7-5-4-6-8-24)19-23-10-15-26(16-11-23)37(2)3/h4-20H,21H2,1-3H3,(H,34,41)(H,35,39)(H,36,40)/b30-19-. The number of thioether (sulfide) groups is 1.